The molecule has 0 N–H and O–H groups in total. The van der Waals surface area contributed by atoms with Crippen LogP contribution < -0.4 is 0 Å². The van der Waals surface area contributed by atoms with Gasteiger partial charge in [0.2, 0.25) is 0 Å². The van der Waals surface area contributed by atoms with Crippen molar-refractivity contribution in [3.8, 4) is 11.4 Å². The summed E-state index contributed by atoms with van der Waals surface area (Å²) in [7, 11) is 1.93. The molecule has 1 aliphatic rings. The maximum absolute atomic E-state index is 13.5. The minimum Gasteiger partial charge on any atom is -0.338 e. The molecule has 1 aliphatic heterocycles. The second-order valence-electron chi connectivity index (χ2n) is 8.65. The van der Waals surface area contributed by atoms with Crippen molar-refractivity contribution in [2.75, 3.05) is 13.1 Å². The number of aromatic nitrogens is 5. The van der Waals surface area contributed by atoms with Crippen LogP contribution in [0.15, 0.2) is 67.5 Å². The third-order valence-corrected chi connectivity index (χ3v) is 6.20. The summed E-state index contributed by atoms with van der Waals surface area (Å²) >= 11 is 0. The van der Waals surface area contributed by atoms with Gasteiger partial charge in [-0.05, 0) is 42.7 Å². The molecular weight excluding hydrogens is 431 g/mol. The first-order chi connectivity index (χ1) is 16.6. The zero-order valence-corrected chi connectivity index (χ0v) is 18.9. The van der Waals surface area contributed by atoms with Gasteiger partial charge >= 0.3 is 0 Å². The first kappa shape index (κ1) is 21.9. The Bertz CT molecular complexity index is 1320. The van der Waals surface area contributed by atoms with E-state index in [1.165, 1.54) is 12.1 Å². The van der Waals surface area contributed by atoms with Crippen LogP contribution in [-0.4, -0.2) is 48.4 Å². The van der Waals surface area contributed by atoms with Gasteiger partial charge in [-0.25, -0.2) is 14.4 Å². The number of aryl methyl sites for hydroxylation is 1. The number of carbonyl (C=O) groups is 1. The van der Waals surface area contributed by atoms with Crippen molar-refractivity contribution in [1.29, 1.82) is 0 Å². The van der Waals surface area contributed by atoms with Crippen molar-refractivity contribution >= 4 is 5.91 Å². The van der Waals surface area contributed by atoms with E-state index in [9.17, 15) is 9.18 Å². The second-order valence-corrected chi connectivity index (χ2v) is 8.65. The van der Waals surface area contributed by atoms with E-state index in [1.807, 2.05) is 22.6 Å². The Morgan fingerprint density at radius 1 is 1.15 bits per heavy atom. The van der Waals surface area contributed by atoms with Gasteiger partial charge in [0.1, 0.15) is 11.5 Å². The van der Waals surface area contributed by atoms with Crippen molar-refractivity contribution in [3.05, 3.63) is 95.8 Å². The Balaban J connectivity index is 1.32. The molecule has 4 aromatic rings. The van der Waals surface area contributed by atoms with Gasteiger partial charge in [0.25, 0.3) is 5.91 Å². The lowest BCUT2D eigenvalue weighted by Gasteiger charge is -2.32. The van der Waals surface area contributed by atoms with E-state index >= 15 is 0 Å². The molecule has 0 aliphatic carbocycles. The number of benzene rings is 1. The molecular formula is C26H25FN6O. The summed E-state index contributed by atoms with van der Waals surface area (Å²) < 4.78 is 15.4. The Kier molecular flexibility index (Phi) is 6.12. The van der Waals surface area contributed by atoms with E-state index in [-0.39, 0.29) is 17.6 Å². The number of amides is 1. The van der Waals surface area contributed by atoms with Crippen molar-refractivity contribution in [1.82, 2.24) is 29.4 Å². The quantitative estimate of drug-likeness (QED) is 0.453. The van der Waals surface area contributed by atoms with E-state index in [2.05, 4.69) is 15.0 Å². The number of rotatable bonds is 5. The number of hydrogen-bond donors (Lipinski definition) is 0. The van der Waals surface area contributed by atoms with Crippen LogP contribution in [0.25, 0.3) is 11.4 Å². The third-order valence-electron chi connectivity index (χ3n) is 6.20. The summed E-state index contributed by atoms with van der Waals surface area (Å²) in [5.74, 6) is -0.185. The van der Waals surface area contributed by atoms with Gasteiger partial charge in [0, 0.05) is 56.1 Å². The predicted octanol–water partition coefficient (Wildman–Crippen LogP) is 4.02. The first-order valence-electron chi connectivity index (χ1n) is 11.3. The van der Waals surface area contributed by atoms with Crippen LogP contribution in [0.2, 0.25) is 0 Å². The van der Waals surface area contributed by atoms with Gasteiger partial charge in [-0.1, -0.05) is 12.1 Å². The van der Waals surface area contributed by atoms with Crippen LogP contribution in [0, 0.1) is 5.82 Å². The molecule has 1 aromatic carbocycles. The summed E-state index contributed by atoms with van der Waals surface area (Å²) in [5.41, 5.74) is 4.72. The van der Waals surface area contributed by atoms with E-state index in [1.54, 1.807) is 49.3 Å². The fraction of sp³-hybridized carbons (Fsp3) is 0.269. The zero-order valence-electron chi connectivity index (χ0n) is 18.9. The summed E-state index contributed by atoms with van der Waals surface area (Å²) in [6.45, 7) is 1.29. The van der Waals surface area contributed by atoms with Crippen molar-refractivity contribution in [3.63, 3.8) is 0 Å². The molecule has 4 heterocycles. The van der Waals surface area contributed by atoms with Crippen LogP contribution in [0.4, 0.5) is 4.39 Å². The van der Waals surface area contributed by atoms with Gasteiger partial charge < -0.3 is 9.47 Å². The molecule has 172 valence electrons. The average molecular weight is 457 g/mol. The number of piperidine rings is 1. The van der Waals surface area contributed by atoms with Crippen LogP contribution in [0.3, 0.4) is 0 Å². The highest BCUT2D eigenvalue weighted by Crippen LogP contribution is 2.28. The minimum atomic E-state index is -0.278. The predicted molar refractivity (Wildman–Crippen MR) is 126 cm³/mol. The molecule has 0 bridgehead atoms. The highest BCUT2D eigenvalue weighted by atomic mass is 19.1. The van der Waals surface area contributed by atoms with Gasteiger partial charge in [-0.15, -0.1) is 0 Å². The van der Waals surface area contributed by atoms with Crippen molar-refractivity contribution < 1.29 is 9.18 Å². The molecule has 0 radical (unpaired) electrons. The number of likely N-dealkylation sites (tertiary alicyclic amines) is 1. The molecule has 7 nitrogen and oxygen atoms in total. The Labute approximate surface area is 197 Å². The Hall–Kier alpha value is -3.94. The van der Waals surface area contributed by atoms with Gasteiger partial charge in [-0.2, -0.15) is 0 Å². The molecule has 0 unspecified atom stereocenters. The highest BCUT2D eigenvalue weighted by Gasteiger charge is 2.27. The van der Waals surface area contributed by atoms with Gasteiger partial charge in [0.05, 0.1) is 30.1 Å². The fourth-order valence-electron chi connectivity index (χ4n) is 4.45. The molecule has 1 saturated heterocycles. The number of nitrogens with zero attached hydrogens (tertiary/aromatic N) is 6. The molecule has 1 atom stereocenters. The van der Waals surface area contributed by atoms with Crippen LogP contribution >= 0.6 is 0 Å². The molecule has 3 aromatic heterocycles. The molecule has 34 heavy (non-hydrogen) atoms. The number of imidazole rings is 1. The number of hydrogen-bond acceptors (Lipinski definition) is 5. The zero-order chi connectivity index (χ0) is 23.5. The molecule has 0 spiro atoms. The average Bonchev–Trinajstić information content (AvgIpc) is 3.30. The van der Waals surface area contributed by atoms with E-state index in [0.29, 0.717) is 25.1 Å². The van der Waals surface area contributed by atoms with Crippen molar-refractivity contribution in [2.24, 2.45) is 7.05 Å². The third kappa shape index (κ3) is 4.71. The lowest BCUT2D eigenvalue weighted by atomic mass is 9.94. The lowest BCUT2D eigenvalue weighted by Crippen LogP contribution is -2.39. The number of halogens is 1. The summed E-state index contributed by atoms with van der Waals surface area (Å²) in [6, 6.07) is 9.99. The van der Waals surface area contributed by atoms with E-state index in [0.717, 1.165) is 41.2 Å². The summed E-state index contributed by atoms with van der Waals surface area (Å²) in [5, 5.41) is 0. The monoisotopic (exact) mass is 456 g/mol. The minimum absolute atomic E-state index is 0.0247. The maximum atomic E-state index is 13.5. The van der Waals surface area contributed by atoms with Crippen LogP contribution in [0.5, 0.6) is 0 Å². The fourth-order valence-corrected chi connectivity index (χ4v) is 4.45. The van der Waals surface area contributed by atoms with E-state index in [4.69, 9.17) is 4.98 Å². The van der Waals surface area contributed by atoms with Gasteiger partial charge in [-0.3, -0.25) is 14.8 Å². The topological polar surface area (TPSA) is 76.8 Å². The largest absolute Gasteiger partial charge is 0.338 e. The first-order valence-corrected chi connectivity index (χ1v) is 11.3. The number of pyridine rings is 1. The molecule has 1 fully saturated rings. The Morgan fingerprint density at radius 3 is 2.88 bits per heavy atom. The standard InChI is InChI=1S/C26H25FN6O/c1-32-17-29-15-25(32)24-14-28-13-23(31-24)20-5-3-9-33(16-20)26(34)19-7-8-30-22(12-19)11-18-4-2-6-21(27)10-18/h2,4,6-8,10,12-15,17,20H,3,5,9,11,16H2,1H3/t20-/m0/s1. The lowest BCUT2D eigenvalue weighted by molar-refractivity contribution is 0.0705. The van der Waals surface area contributed by atoms with Gasteiger partial charge in [0.15, 0.2) is 0 Å². The summed E-state index contributed by atoms with van der Waals surface area (Å²) in [6.07, 6.45) is 11.0. The van der Waals surface area contributed by atoms with Crippen LogP contribution in [0.1, 0.15) is 46.1 Å². The molecule has 0 saturated carbocycles. The second kappa shape index (κ2) is 9.51. The molecule has 1 amide bonds. The van der Waals surface area contributed by atoms with Crippen molar-refractivity contribution in [2.45, 2.75) is 25.2 Å². The summed E-state index contributed by atoms with van der Waals surface area (Å²) in [4.78, 5) is 33.0. The molecule has 5 rings (SSSR count). The van der Waals surface area contributed by atoms with E-state index < -0.39 is 0 Å². The number of carbonyl (C=O) groups excluding carboxylic acids is 1. The highest BCUT2D eigenvalue weighted by molar-refractivity contribution is 5.94. The molecule has 8 heteroatoms. The van der Waals surface area contributed by atoms with Crippen LogP contribution in [-0.2, 0) is 13.5 Å². The SMILES string of the molecule is Cn1cncc1-c1cncc([C@H]2CCCN(C(=O)c3ccnc(Cc4cccc(F)c4)c3)C2)n1. The maximum Gasteiger partial charge on any atom is 0.253 e. The smallest absolute Gasteiger partial charge is 0.253 e. The normalized spacial score (nSPS) is 15.9. The Morgan fingerprint density at radius 2 is 2.06 bits per heavy atom.